The Morgan fingerprint density at radius 1 is 1.29 bits per heavy atom. The molecule has 2 amide bonds. The summed E-state index contributed by atoms with van der Waals surface area (Å²) in [5.41, 5.74) is -0.514. The van der Waals surface area contributed by atoms with Crippen LogP contribution in [-0.4, -0.2) is 65.2 Å². The van der Waals surface area contributed by atoms with Gasteiger partial charge in [0.2, 0.25) is 0 Å². The third-order valence-corrected chi connectivity index (χ3v) is 4.81. The number of amides is 2. The molecule has 1 saturated heterocycles. The summed E-state index contributed by atoms with van der Waals surface area (Å²) in [7, 11) is 2.09. The zero-order chi connectivity index (χ0) is 15.5. The van der Waals surface area contributed by atoms with Crippen LogP contribution in [0.3, 0.4) is 0 Å². The molecule has 0 spiro atoms. The molecule has 120 valence electrons. The SMILES string of the molecule is CCC1CN(C)CCCN1C(=O)NC1(CC(=O)O)CCC1. The molecule has 21 heavy (non-hydrogen) atoms. The van der Waals surface area contributed by atoms with E-state index in [4.69, 9.17) is 5.11 Å². The first-order valence-corrected chi connectivity index (χ1v) is 7.95. The topological polar surface area (TPSA) is 72.9 Å². The number of carboxylic acid groups (broad SMARTS) is 1. The average Bonchev–Trinajstić information content (AvgIpc) is 2.56. The Morgan fingerprint density at radius 2 is 2.00 bits per heavy atom. The molecule has 0 radical (unpaired) electrons. The van der Waals surface area contributed by atoms with Crippen LogP contribution < -0.4 is 5.32 Å². The molecule has 2 aliphatic rings. The van der Waals surface area contributed by atoms with Crippen LogP contribution in [-0.2, 0) is 4.79 Å². The highest BCUT2D eigenvalue weighted by atomic mass is 16.4. The molecule has 1 aliphatic carbocycles. The van der Waals surface area contributed by atoms with Gasteiger partial charge in [0.1, 0.15) is 0 Å². The first kappa shape index (κ1) is 16.1. The fraction of sp³-hybridized carbons (Fsp3) is 0.867. The van der Waals surface area contributed by atoms with Gasteiger partial charge in [0, 0.05) is 19.1 Å². The van der Waals surface area contributed by atoms with Crippen molar-refractivity contribution < 1.29 is 14.7 Å². The molecule has 0 aromatic carbocycles. The monoisotopic (exact) mass is 297 g/mol. The summed E-state index contributed by atoms with van der Waals surface area (Å²) in [5.74, 6) is -0.836. The largest absolute Gasteiger partial charge is 0.481 e. The number of carbonyl (C=O) groups is 2. The van der Waals surface area contributed by atoms with Crippen LogP contribution in [0.15, 0.2) is 0 Å². The van der Waals surface area contributed by atoms with Crippen molar-refractivity contribution in [3.05, 3.63) is 0 Å². The molecule has 1 unspecified atom stereocenters. The normalized spacial score (nSPS) is 25.8. The molecular weight excluding hydrogens is 270 g/mol. The maximum absolute atomic E-state index is 12.6. The number of urea groups is 1. The average molecular weight is 297 g/mol. The van der Waals surface area contributed by atoms with Gasteiger partial charge in [-0.1, -0.05) is 6.92 Å². The maximum atomic E-state index is 12.6. The summed E-state index contributed by atoms with van der Waals surface area (Å²) in [5, 5.41) is 12.1. The van der Waals surface area contributed by atoms with E-state index in [0.717, 1.165) is 51.7 Å². The van der Waals surface area contributed by atoms with Crippen LogP contribution in [0.5, 0.6) is 0 Å². The lowest BCUT2D eigenvalue weighted by Gasteiger charge is -2.43. The standard InChI is InChI=1S/C15H27N3O3/c1-3-12-11-17(2)8-5-9-18(12)14(21)16-15(6-4-7-15)10-13(19)20/h12H,3-11H2,1-2H3,(H,16,21)(H,19,20). The third-order valence-electron chi connectivity index (χ3n) is 4.81. The molecule has 2 rings (SSSR count). The molecular formula is C15H27N3O3. The Labute approximate surface area is 126 Å². The Bertz CT molecular complexity index is 396. The second kappa shape index (κ2) is 6.64. The predicted molar refractivity (Wildman–Crippen MR) is 80.3 cm³/mol. The quantitative estimate of drug-likeness (QED) is 0.825. The molecule has 1 atom stereocenters. The van der Waals surface area contributed by atoms with Gasteiger partial charge in [0.25, 0.3) is 0 Å². The number of hydrogen-bond acceptors (Lipinski definition) is 3. The Balaban J connectivity index is 2.01. The van der Waals surface area contributed by atoms with Crippen LogP contribution >= 0.6 is 0 Å². The number of carbonyl (C=O) groups excluding carboxylic acids is 1. The number of carboxylic acids is 1. The Hall–Kier alpha value is -1.30. The molecule has 1 saturated carbocycles. The van der Waals surface area contributed by atoms with Crippen molar-refractivity contribution in [1.29, 1.82) is 0 Å². The van der Waals surface area contributed by atoms with Gasteiger partial charge in [-0.2, -0.15) is 0 Å². The summed E-state index contributed by atoms with van der Waals surface area (Å²) in [4.78, 5) is 27.8. The number of hydrogen-bond donors (Lipinski definition) is 2. The molecule has 2 fully saturated rings. The molecule has 0 aromatic rings. The predicted octanol–water partition coefficient (Wildman–Crippen LogP) is 1.51. The van der Waals surface area contributed by atoms with Crippen LogP contribution in [0, 0.1) is 0 Å². The summed E-state index contributed by atoms with van der Waals surface area (Å²) in [6, 6.07) is 0.123. The van der Waals surface area contributed by atoms with E-state index in [1.54, 1.807) is 0 Å². The fourth-order valence-electron chi connectivity index (χ4n) is 3.40. The number of likely N-dealkylation sites (N-methyl/N-ethyl adjacent to an activating group) is 1. The van der Waals surface area contributed by atoms with Crippen molar-refractivity contribution >= 4 is 12.0 Å². The molecule has 1 heterocycles. The van der Waals surface area contributed by atoms with Crippen LogP contribution in [0.25, 0.3) is 0 Å². The highest BCUT2D eigenvalue weighted by Crippen LogP contribution is 2.35. The smallest absolute Gasteiger partial charge is 0.318 e. The summed E-state index contributed by atoms with van der Waals surface area (Å²) in [6.07, 6.45) is 4.46. The first-order chi connectivity index (χ1) is 9.96. The van der Waals surface area contributed by atoms with Gasteiger partial charge in [-0.05, 0) is 45.7 Å². The Morgan fingerprint density at radius 3 is 2.52 bits per heavy atom. The highest BCUT2D eigenvalue weighted by molar-refractivity contribution is 5.77. The van der Waals surface area contributed by atoms with Gasteiger partial charge in [0.15, 0.2) is 0 Å². The number of rotatable bonds is 4. The lowest BCUT2D eigenvalue weighted by molar-refractivity contribution is -0.139. The molecule has 6 nitrogen and oxygen atoms in total. The maximum Gasteiger partial charge on any atom is 0.318 e. The van der Waals surface area contributed by atoms with Crippen LogP contribution in [0.1, 0.15) is 45.4 Å². The second-order valence-electron chi connectivity index (χ2n) is 6.51. The molecule has 6 heteroatoms. The summed E-state index contributed by atoms with van der Waals surface area (Å²) < 4.78 is 0. The lowest BCUT2D eigenvalue weighted by atomic mass is 9.74. The van der Waals surface area contributed by atoms with E-state index in [1.165, 1.54) is 0 Å². The third kappa shape index (κ3) is 3.87. The number of nitrogens with one attached hydrogen (secondary N) is 1. The van der Waals surface area contributed by atoms with Crippen LogP contribution in [0.4, 0.5) is 4.79 Å². The minimum absolute atomic E-state index is 0.0310. The molecule has 1 aliphatic heterocycles. The van der Waals surface area contributed by atoms with Crippen molar-refractivity contribution in [1.82, 2.24) is 15.1 Å². The van der Waals surface area contributed by atoms with Crippen molar-refractivity contribution in [2.75, 3.05) is 26.7 Å². The van der Waals surface area contributed by atoms with Crippen molar-refractivity contribution in [2.45, 2.75) is 57.0 Å². The first-order valence-electron chi connectivity index (χ1n) is 7.95. The van der Waals surface area contributed by atoms with E-state index < -0.39 is 11.5 Å². The van der Waals surface area contributed by atoms with Crippen molar-refractivity contribution in [3.63, 3.8) is 0 Å². The zero-order valence-electron chi connectivity index (χ0n) is 13.1. The van der Waals surface area contributed by atoms with Gasteiger partial charge in [0.05, 0.1) is 12.0 Å². The number of aliphatic carboxylic acids is 1. The van der Waals surface area contributed by atoms with E-state index in [2.05, 4.69) is 24.2 Å². The molecule has 0 aromatic heterocycles. The Kier molecular flexibility index (Phi) is 5.08. The zero-order valence-corrected chi connectivity index (χ0v) is 13.1. The lowest BCUT2D eigenvalue weighted by Crippen LogP contribution is -2.59. The molecule has 2 N–H and O–H groups in total. The summed E-state index contributed by atoms with van der Waals surface area (Å²) in [6.45, 7) is 4.73. The van der Waals surface area contributed by atoms with Gasteiger partial charge in [-0.25, -0.2) is 4.79 Å². The van der Waals surface area contributed by atoms with Crippen molar-refractivity contribution in [3.8, 4) is 0 Å². The van der Waals surface area contributed by atoms with Gasteiger partial charge >= 0.3 is 12.0 Å². The van der Waals surface area contributed by atoms with E-state index in [-0.39, 0.29) is 18.5 Å². The number of nitrogens with zero attached hydrogens (tertiary/aromatic N) is 2. The van der Waals surface area contributed by atoms with E-state index >= 15 is 0 Å². The van der Waals surface area contributed by atoms with Crippen LogP contribution in [0.2, 0.25) is 0 Å². The minimum Gasteiger partial charge on any atom is -0.481 e. The fourth-order valence-corrected chi connectivity index (χ4v) is 3.40. The van der Waals surface area contributed by atoms with E-state index in [9.17, 15) is 9.59 Å². The van der Waals surface area contributed by atoms with Gasteiger partial charge < -0.3 is 20.2 Å². The van der Waals surface area contributed by atoms with Gasteiger partial charge in [-0.15, -0.1) is 0 Å². The van der Waals surface area contributed by atoms with Gasteiger partial charge in [-0.3, -0.25) is 4.79 Å². The molecule has 0 bridgehead atoms. The van der Waals surface area contributed by atoms with E-state index in [0.29, 0.717) is 0 Å². The minimum atomic E-state index is -0.836. The second-order valence-corrected chi connectivity index (χ2v) is 6.51. The van der Waals surface area contributed by atoms with Crippen molar-refractivity contribution in [2.24, 2.45) is 0 Å². The highest BCUT2D eigenvalue weighted by Gasteiger charge is 2.42. The van der Waals surface area contributed by atoms with E-state index in [1.807, 2.05) is 4.90 Å². The summed E-state index contributed by atoms with van der Waals surface area (Å²) >= 11 is 0.